The van der Waals surface area contributed by atoms with Crippen LogP contribution < -0.4 is 0 Å². The number of hydrogen-bond acceptors (Lipinski definition) is 2. The van der Waals surface area contributed by atoms with Crippen molar-refractivity contribution in [3.63, 3.8) is 0 Å². The van der Waals surface area contributed by atoms with E-state index in [1.165, 1.54) is 18.6 Å². The van der Waals surface area contributed by atoms with Crippen molar-refractivity contribution in [3.8, 4) is 5.75 Å². The van der Waals surface area contributed by atoms with Gasteiger partial charge >= 0.3 is 0 Å². The average Bonchev–Trinajstić information content (AvgIpc) is 2.32. The van der Waals surface area contributed by atoms with Crippen LogP contribution in [0.1, 0.15) is 30.1 Å². The van der Waals surface area contributed by atoms with E-state index in [2.05, 4.69) is 6.92 Å². The minimum Gasteiger partial charge on any atom is -0.506 e. The molecule has 3 nitrogen and oxygen atoms in total. The van der Waals surface area contributed by atoms with Crippen molar-refractivity contribution in [2.45, 2.75) is 19.8 Å². The Morgan fingerprint density at radius 3 is 2.94 bits per heavy atom. The Balaban J connectivity index is 2.15. The van der Waals surface area contributed by atoms with Crippen LogP contribution in [0.4, 0.5) is 0 Å². The first-order valence-electron chi connectivity index (χ1n) is 5.85. The number of piperidine rings is 1. The van der Waals surface area contributed by atoms with E-state index in [9.17, 15) is 9.90 Å². The highest BCUT2D eigenvalue weighted by Gasteiger charge is 2.22. The Morgan fingerprint density at radius 2 is 2.29 bits per heavy atom. The number of carbonyl (C=O) groups is 1. The highest BCUT2D eigenvalue weighted by atomic mass is 35.5. The van der Waals surface area contributed by atoms with Crippen molar-refractivity contribution < 1.29 is 9.90 Å². The zero-order valence-corrected chi connectivity index (χ0v) is 10.6. The van der Waals surface area contributed by atoms with Crippen molar-refractivity contribution in [2.24, 2.45) is 5.92 Å². The van der Waals surface area contributed by atoms with Gasteiger partial charge in [-0.25, -0.2) is 0 Å². The first-order valence-corrected chi connectivity index (χ1v) is 6.23. The maximum absolute atomic E-state index is 12.2. The topological polar surface area (TPSA) is 40.5 Å². The number of amides is 1. The molecule has 1 unspecified atom stereocenters. The van der Waals surface area contributed by atoms with Crippen LogP contribution in [0.25, 0.3) is 0 Å². The fourth-order valence-electron chi connectivity index (χ4n) is 2.20. The smallest absolute Gasteiger partial charge is 0.253 e. The predicted molar refractivity (Wildman–Crippen MR) is 67.4 cm³/mol. The standard InChI is InChI=1S/C13H16ClNO2/c1-9-3-2-6-15(8-9)13(17)10-4-5-12(16)11(14)7-10/h4-5,7,9,16H,2-3,6,8H2,1H3. The molecule has 4 heteroatoms. The molecule has 2 rings (SSSR count). The Bertz CT molecular complexity index is 433. The molecule has 0 aliphatic carbocycles. The highest BCUT2D eigenvalue weighted by Crippen LogP contribution is 2.25. The molecule has 0 aromatic heterocycles. The molecule has 1 aliphatic rings. The lowest BCUT2D eigenvalue weighted by atomic mass is 9.99. The number of aromatic hydroxyl groups is 1. The molecule has 1 aromatic carbocycles. The highest BCUT2D eigenvalue weighted by molar-refractivity contribution is 6.32. The van der Waals surface area contributed by atoms with E-state index in [0.29, 0.717) is 11.5 Å². The summed E-state index contributed by atoms with van der Waals surface area (Å²) in [6, 6.07) is 4.60. The quantitative estimate of drug-likeness (QED) is 0.836. The van der Waals surface area contributed by atoms with Gasteiger partial charge in [0.05, 0.1) is 5.02 Å². The second kappa shape index (κ2) is 4.96. The van der Waals surface area contributed by atoms with Gasteiger partial charge in [-0.1, -0.05) is 18.5 Å². The molecule has 1 N–H and O–H groups in total. The van der Waals surface area contributed by atoms with Gasteiger partial charge in [0, 0.05) is 18.7 Å². The van der Waals surface area contributed by atoms with Gasteiger partial charge in [-0.05, 0) is 37.0 Å². The van der Waals surface area contributed by atoms with Crippen LogP contribution in [-0.4, -0.2) is 29.0 Å². The van der Waals surface area contributed by atoms with Gasteiger partial charge in [0.2, 0.25) is 0 Å². The summed E-state index contributed by atoms with van der Waals surface area (Å²) in [5, 5.41) is 9.54. The van der Waals surface area contributed by atoms with Crippen LogP contribution in [0, 0.1) is 5.92 Å². The van der Waals surface area contributed by atoms with Crippen LogP contribution in [0.3, 0.4) is 0 Å². The van der Waals surface area contributed by atoms with E-state index in [-0.39, 0.29) is 16.7 Å². The zero-order chi connectivity index (χ0) is 12.4. The number of phenolic OH excluding ortho intramolecular Hbond substituents is 1. The molecule has 1 heterocycles. The predicted octanol–water partition coefficient (Wildman–Crippen LogP) is 2.92. The van der Waals surface area contributed by atoms with E-state index in [1.54, 1.807) is 6.07 Å². The van der Waals surface area contributed by atoms with Gasteiger partial charge in [0.15, 0.2) is 0 Å². The number of benzene rings is 1. The Labute approximate surface area is 106 Å². The normalized spacial score (nSPS) is 20.4. The number of hydrogen-bond donors (Lipinski definition) is 1. The maximum Gasteiger partial charge on any atom is 0.253 e. The summed E-state index contributed by atoms with van der Waals surface area (Å²) in [5.74, 6) is 0.564. The largest absolute Gasteiger partial charge is 0.506 e. The van der Waals surface area contributed by atoms with E-state index < -0.39 is 0 Å². The number of nitrogens with zero attached hydrogens (tertiary/aromatic N) is 1. The number of halogens is 1. The van der Waals surface area contributed by atoms with Crippen molar-refractivity contribution in [3.05, 3.63) is 28.8 Å². The second-order valence-corrected chi connectivity index (χ2v) is 5.07. The zero-order valence-electron chi connectivity index (χ0n) is 9.82. The van der Waals surface area contributed by atoms with Crippen molar-refractivity contribution in [1.82, 2.24) is 4.90 Å². The lowest BCUT2D eigenvalue weighted by Crippen LogP contribution is -2.39. The summed E-state index contributed by atoms with van der Waals surface area (Å²) < 4.78 is 0. The third-order valence-electron chi connectivity index (χ3n) is 3.14. The molecule has 0 spiro atoms. The monoisotopic (exact) mass is 253 g/mol. The van der Waals surface area contributed by atoms with Crippen LogP contribution in [0.2, 0.25) is 5.02 Å². The van der Waals surface area contributed by atoms with Gasteiger partial charge in [-0.2, -0.15) is 0 Å². The van der Waals surface area contributed by atoms with Gasteiger partial charge in [-0.3, -0.25) is 4.79 Å². The molecule has 0 saturated carbocycles. The van der Waals surface area contributed by atoms with E-state index in [0.717, 1.165) is 19.5 Å². The fraction of sp³-hybridized carbons (Fsp3) is 0.462. The SMILES string of the molecule is CC1CCCN(C(=O)c2ccc(O)c(Cl)c2)C1. The number of rotatable bonds is 1. The van der Waals surface area contributed by atoms with Crippen LogP contribution >= 0.6 is 11.6 Å². The number of phenols is 1. The minimum absolute atomic E-state index is 0.00144. The lowest BCUT2D eigenvalue weighted by Gasteiger charge is -2.31. The van der Waals surface area contributed by atoms with Crippen LogP contribution in [0.5, 0.6) is 5.75 Å². The molecular formula is C13H16ClNO2. The second-order valence-electron chi connectivity index (χ2n) is 4.66. The first kappa shape index (κ1) is 12.2. The molecule has 1 aliphatic heterocycles. The maximum atomic E-state index is 12.2. The summed E-state index contributed by atoms with van der Waals surface area (Å²) >= 11 is 5.80. The molecule has 92 valence electrons. The van der Waals surface area contributed by atoms with Gasteiger partial charge in [-0.15, -0.1) is 0 Å². The van der Waals surface area contributed by atoms with Crippen molar-refractivity contribution >= 4 is 17.5 Å². The average molecular weight is 254 g/mol. The molecule has 1 aromatic rings. The van der Waals surface area contributed by atoms with Crippen LogP contribution in [0.15, 0.2) is 18.2 Å². The summed E-state index contributed by atoms with van der Waals surface area (Å²) in [4.78, 5) is 14.1. The third kappa shape index (κ3) is 2.72. The Morgan fingerprint density at radius 1 is 1.53 bits per heavy atom. The molecule has 0 radical (unpaired) electrons. The molecular weight excluding hydrogens is 238 g/mol. The minimum atomic E-state index is -0.00144. The third-order valence-corrected chi connectivity index (χ3v) is 3.44. The Kier molecular flexibility index (Phi) is 3.57. The molecule has 1 atom stereocenters. The van der Waals surface area contributed by atoms with Crippen molar-refractivity contribution in [1.29, 1.82) is 0 Å². The van der Waals surface area contributed by atoms with Gasteiger partial charge in [0.25, 0.3) is 5.91 Å². The van der Waals surface area contributed by atoms with Crippen LogP contribution in [-0.2, 0) is 0 Å². The lowest BCUT2D eigenvalue weighted by molar-refractivity contribution is 0.0683. The summed E-state index contributed by atoms with van der Waals surface area (Å²) in [6.07, 6.45) is 2.23. The first-order chi connectivity index (χ1) is 8.08. The molecule has 1 fully saturated rings. The van der Waals surface area contributed by atoms with Gasteiger partial charge < -0.3 is 10.0 Å². The van der Waals surface area contributed by atoms with E-state index >= 15 is 0 Å². The van der Waals surface area contributed by atoms with Gasteiger partial charge in [0.1, 0.15) is 5.75 Å². The summed E-state index contributed by atoms with van der Waals surface area (Å²) in [6.45, 7) is 3.77. The summed E-state index contributed by atoms with van der Waals surface area (Å²) in [7, 11) is 0. The fourth-order valence-corrected chi connectivity index (χ4v) is 2.38. The van der Waals surface area contributed by atoms with E-state index in [4.69, 9.17) is 11.6 Å². The number of carbonyl (C=O) groups excluding carboxylic acids is 1. The molecule has 1 amide bonds. The van der Waals surface area contributed by atoms with E-state index in [1.807, 2.05) is 4.90 Å². The van der Waals surface area contributed by atoms with Crippen molar-refractivity contribution in [2.75, 3.05) is 13.1 Å². The molecule has 17 heavy (non-hydrogen) atoms. The summed E-state index contributed by atoms with van der Waals surface area (Å²) in [5.41, 5.74) is 0.543. The molecule has 1 saturated heterocycles. The molecule has 0 bridgehead atoms. The number of likely N-dealkylation sites (tertiary alicyclic amines) is 1. The Hall–Kier alpha value is -1.22.